The molecule has 8 nitrogen and oxygen atoms in total. The summed E-state index contributed by atoms with van der Waals surface area (Å²) in [6, 6.07) is 9.55. The van der Waals surface area contributed by atoms with Crippen molar-refractivity contribution >= 4 is 23.3 Å². The van der Waals surface area contributed by atoms with Crippen LogP contribution in [0.1, 0.15) is 47.9 Å². The van der Waals surface area contributed by atoms with E-state index in [-0.39, 0.29) is 23.8 Å². The summed E-state index contributed by atoms with van der Waals surface area (Å²) in [6.45, 7) is 5.76. The summed E-state index contributed by atoms with van der Waals surface area (Å²) < 4.78 is 21.2. The van der Waals surface area contributed by atoms with E-state index in [4.69, 9.17) is 18.9 Å². The number of nitrogens with one attached hydrogen (secondary N) is 1. The van der Waals surface area contributed by atoms with Crippen LogP contribution < -0.4 is 19.5 Å². The number of benzene rings is 2. The minimum absolute atomic E-state index is 0.0449. The van der Waals surface area contributed by atoms with Crippen LogP contribution in [0.2, 0.25) is 0 Å². The Hall–Kier alpha value is -3.55. The van der Waals surface area contributed by atoms with E-state index in [2.05, 4.69) is 19.2 Å². The Morgan fingerprint density at radius 3 is 2.39 bits per heavy atom. The average Bonchev–Trinajstić information content (AvgIpc) is 3.19. The monoisotopic (exact) mass is 427 g/mol. The second kappa shape index (κ2) is 9.97. The molecule has 0 saturated carbocycles. The normalized spacial score (nSPS) is 11.9. The van der Waals surface area contributed by atoms with Crippen LogP contribution in [0.25, 0.3) is 0 Å². The van der Waals surface area contributed by atoms with Crippen molar-refractivity contribution in [2.24, 2.45) is 5.92 Å². The third kappa shape index (κ3) is 5.97. The molecule has 0 saturated heterocycles. The second-order valence-corrected chi connectivity index (χ2v) is 7.49. The number of anilines is 1. The zero-order valence-corrected chi connectivity index (χ0v) is 17.7. The fourth-order valence-corrected chi connectivity index (χ4v) is 2.84. The summed E-state index contributed by atoms with van der Waals surface area (Å²) in [7, 11) is 0. The smallest absolute Gasteiger partial charge is 0.338 e. The molecule has 0 spiro atoms. The maximum absolute atomic E-state index is 12.3. The first-order valence-corrected chi connectivity index (χ1v) is 9.98. The number of amides is 1. The van der Waals surface area contributed by atoms with Gasteiger partial charge in [0.2, 0.25) is 6.79 Å². The maximum Gasteiger partial charge on any atom is 0.338 e. The number of ketones is 1. The quantitative estimate of drug-likeness (QED) is 0.479. The van der Waals surface area contributed by atoms with E-state index in [1.807, 2.05) is 0 Å². The minimum Gasteiger partial charge on any atom is -0.494 e. The van der Waals surface area contributed by atoms with Crippen LogP contribution in [0.3, 0.4) is 0 Å². The Kier molecular flexibility index (Phi) is 7.12. The van der Waals surface area contributed by atoms with Crippen LogP contribution in [0.15, 0.2) is 36.4 Å². The highest BCUT2D eigenvalue weighted by molar-refractivity contribution is 6.05. The third-order valence-electron chi connectivity index (χ3n) is 4.55. The van der Waals surface area contributed by atoms with Crippen LogP contribution in [0.5, 0.6) is 17.2 Å². The fourth-order valence-electron chi connectivity index (χ4n) is 2.84. The molecule has 0 bridgehead atoms. The van der Waals surface area contributed by atoms with E-state index >= 15 is 0 Å². The van der Waals surface area contributed by atoms with Crippen molar-refractivity contribution in [3.8, 4) is 17.2 Å². The van der Waals surface area contributed by atoms with Gasteiger partial charge in [0.25, 0.3) is 5.91 Å². The van der Waals surface area contributed by atoms with Crippen molar-refractivity contribution in [1.29, 1.82) is 0 Å². The lowest BCUT2D eigenvalue weighted by Crippen LogP contribution is -2.22. The van der Waals surface area contributed by atoms with E-state index in [1.54, 1.807) is 24.3 Å². The molecule has 31 heavy (non-hydrogen) atoms. The molecule has 3 rings (SSSR count). The fraction of sp³-hybridized carbons (Fsp3) is 0.348. The summed E-state index contributed by atoms with van der Waals surface area (Å²) in [5, 5.41) is 2.58. The number of Topliss-reactive ketones (excluding diaryl/α,β-unsaturated/α-hetero) is 1. The number of esters is 1. The molecule has 0 aromatic heterocycles. The average molecular weight is 427 g/mol. The van der Waals surface area contributed by atoms with E-state index in [0.29, 0.717) is 35.3 Å². The summed E-state index contributed by atoms with van der Waals surface area (Å²) in [4.78, 5) is 36.4. The molecule has 8 heteroatoms. The molecule has 1 heterocycles. The lowest BCUT2D eigenvalue weighted by atomic mass is 10.1. The first-order chi connectivity index (χ1) is 14.8. The molecule has 0 radical (unpaired) electrons. The molecule has 0 aliphatic carbocycles. The summed E-state index contributed by atoms with van der Waals surface area (Å²) in [5.74, 6) is 0.601. The van der Waals surface area contributed by atoms with Crippen molar-refractivity contribution in [2.45, 2.75) is 27.2 Å². The molecule has 164 valence electrons. The molecule has 2 aromatic carbocycles. The molecule has 1 N–H and O–H groups in total. The van der Waals surface area contributed by atoms with Crippen molar-refractivity contribution < 1.29 is 33.3 Å². The number of hydrogen-bond donors (Lipinski definition) is 1. The Balaban J connectivity index is 1.54. The Bertz CT molecular complexity index is 967. The highest BCUT2D eigenvalue weighted by Crippen LogP contribution is 2.37. The van der Waals surface area contributed by atoms with Gasteiger partial charge in [-0.1, -0.05) is 13.8 Å². The van der Waals surface area contributed by atoms with E-state index in [1.165, 1.54) is 19.1 Å². The highest BCUT2D eigenvalue weighted by Gasteiger charge is 2.21. The van der Waals surface area contributed by atoms with Crippen molar-refractivity contribution in [2.75, 3.05) is 25.3 Å². The molecule has 1 amide bonds. The zero-order chi connectivity index (χ0) is 22.4. The molecule has 0 atom stereocenters. The number of ether oxygens (including phenoxy) is 4. The Morgan fingerprint density at radius 2 is 1.74 bits per heavy atom. The number of carbonyl (C=O) groups is 3. The Morgan fingerprint density at radius 1 is 1.06 bits per heavy atom. The number of carbonyl (C=O) groups excluding carboxylic acids is 3. The van der Waals surface area contributed by atoms with E-state index in [0.717, 1.165) is 6.42 Å². The summed E-state index contributed by atoms with van der Waals surface area (Å²) >= 11 is 0. The predicted octanol–water partition coefficient (Wildman–Crippen LogP) is 3.84. The van der Waals surface area contributed by atoms with Crippen LogP contribution in [0, 0.1) is 5.92 Å². The van der Waals surface area contributed by atoms with E-state index < -0.39 is 18.5 Å². The molecule has 0 unspecified atom stereocenters. The predicted molar refractivity (Wildman–Crippen MR) is 113 cm³/mol. The number of fused-ring (bicyclic) bond motifs is 1. The topological polar surface area (TPSA) is 100 Å². The highest BCUT2D eigenvalue weighted by atomic mass is 16.7. The number of hydrogen-bond acceptors (Lipinski definition) is 7. The van der Waals surface area contributed by atoms with Gasteiger partial charge in [-0.3, -0.25) is 9.59 Å². The van der Waals surface area contributed by atoms with Crippen LogP contribution in [-0.4, -0.2) is 37.7 Å². The zero-order valence-electron chi connectivity index (χ0n) is 17.7. The van der Waals surface area contributed by atoms with Gasteiger partial charge in [-0.2, -0.15) is 0 Å². The maximum atomic E-state index is 12.3. The molecular weight excluding hydrogens is 402 g/mol. The first kappa shape index (κ1) is 22.1. The minimum atomic E-state index is -0.638. The molecule has 1 aliphatic rings. The van der Waals surface area contributed by atoms with Gasteiger partial charge in [-0.05, 0) is 49.6 Å². The van der Waals surface area contributed by atoms with Crippen LogP contribution in [-0.2, 0) is 9.53 Å². The molecular formula is C23H25NO7. The molecule has 2 aromatic rings. The lowest BCUT2D eigenvalue weighted by molar-refractivity contribution is -0.119. The van der Waals surface area contributed by atoms with Gasteiger partial charge in [0.15, 0.2) is 23.9 Å². The molecule has 0 fully saturated rings. The largest absolute Gasteiger partial charge is 0.494 e. The SMILES string of the molecule is CC(=O)c1cc2c(cc1NC(=O)COC(=O)c1ccc(OCCC(C)C)cc1)OCO2. The van der Waals surface area contributed by atoms with Gasteiger partial charge in [0, 0.05) is 11.6 Å². The van der Waals surface area contributed by atoms with Gasteiger partial charge in [-0.15, -0.1) is 0 Å². The number of rotatable bonds is 9. The van der Waals surface area contributed by atoms with Crippen molar-refractivity contribution in [3.63, 3.8) is 0 Å². The van der Waals surface area contributed by atoms with Gasteiger partial charge >= 0.3 is 5.97 Å². The third-order valence-corrected chi connectivity index (χ3v) is 4.55. The van der Waals surface area contributed by atoms with Crippen LogP contribution in [0.4, 0.5) is 5.69 Å². The van der Waals surface area contributed by atoms with E-state index in [9.17, 15) is 14.4 Å². The van der Waals surface area contributed by atoms with Crippen molar-refractivity contribution in [1.82, 2.24) is 0 Å². The van der Waals surface area contributed by atoms with Gasteiger partial charge in [-0.25, -0.2) is 4.79 Å². The summed E-state index contributed by atoms with van der Waals surface area (Å²) in [6.07, 6.45) is 0.938. The Labute approximate surface area is 180 Å². The molecule has 1 aliphatic heterocycles. The van der Waals surface area contributed by atoms with Gasteiger partial charge < -0.3 is 24.3 Å². The van der Waals surface area contributed by atoms with Gasteiger partial charge in [0.1, 0.15) is 5.75 Å². The lowest BCUT2D eigenvalue weighted by Gasteiger charge is -2.11. The second-order valence-electron chi connectivity index (χ2n) is 7.49. The summed E-state index contributed by atoms with van der Waals surface area (Å²) in [5.41, 5.74) is 0.842. The van der Waals surface area contributed by atoms with Crippen molar-refractivity contribution in [3.05, 3.63) is 47.5 Å². The van der Waals surface area contributed by atoms with Crippen LogP contribution >= 0.6 is 0 Å². The first-order valence-electron chi connectivity index (χ1n) is 9.98. The standard InChI is InChI=1S/C23H25NO7/c1-14(2)8-9-28-17-6-4-16(5-7-17)23(27)29-12-22(26)24-19-11-21-20(30-13-31-21)10-18(19)15(3)25/h4-7,10-11,14H,8-9,12-13H2,1-3H3,(H,24,26). The van der Waals surface area contributed by atoms with Gasteiger partial charge in [0.05, 0.1) is 17.9 Å².